The minimum Gasteiger partial charge on any atom is -0.399 e. The van der Waals surface area contributed by atoms with E-state index in [9.17, 15) is 4.79 Å². The number of nitrogens with two attached hydrogens (primary N) is 1. The highest BCUT2D eigenvalue weighted by Gasteiger charge is 2.21. The normalized spacial score (nSPS) is 18.1. The van der Waals surface area contributed by atoms with Crippen LogP contribution in [0.2, 0.25) is 0 Å². The molecule has 0 atom stereocenters. The van der Waals surface area contributed by atoms with Crippen molar-refractivity contribution in [2.24, 2.45) is 5.92 Å². The lowest BCUT2D eigenvalue weighted by Gasteiger charge is -2.19. The molecule has 0 aliphatic heterocycles. The van der Waals surface area contributed by atoms with Gasteiger partial charge in [-0.2, -0.15) is 0 Å². The predicted octanol–water partition coefficient (Wildman–Crippen LogP) is 4.12. The van der Waals surface area contributed by atoms with Gasteiger partial charge in [0.15, 0.2) is 5.78 Å². The summed E-state index contributed by atoms with van der Waals surface area (Å²) in [6, 6.07) is 5.63. The summed E-state index contributed by atoms with van der Waals surface area (Å²) in [7, 11) is 0. The van der Waals surface area contributed by atoms with Crippen molar-refractivity contribution >= 4 is 11.5 Å². The molecule has 0 bridgehead atoms. The summed E-state index contributed by atoms with van der Waals surface area (Å²) in [5.41, 5.74) is 8.36. The standard InChI is InChI=1S/C16H23NO/c1-12-11-14(17)9-10-15(12)16(18)13-7-5-3-2-4-6-8-13/h9-11,13H,2-8,17H2,1H3. The monoisotopic (exact) mass is 245 g/mol. The van der Waals surface area contributed by atoms with Gasteiger partial charge in [-0.05, 0) is 43.5 Å². The molecule has 2 rings (SSSR count). The Kier molecular flexibility index (Phi) is 4.40. The van der Waals surface area contributed by atoms with Crippen LogP contribution in [0.4, 0.5) is 5.69 Å². The summed E-state index contributed by atoms with van der Waals surface area (Å²) in [5, 5.41) is 0. The van der Waals surface area contributed by atoms with Crippen molar-refractivity contribution in [3.05, 3.63) is 29.3 Å². The van der Waals surface area contributed by atoms with Crippen LogP contribution in [0.3, 0.4) is 0 Å². The fourth-order valence-electron chi connectivity index (χ4n) is 2.90. The molecular weight excluding hydrogens is 222 g/mol. The van der Waals surface area contributed by atoms with E-state index < -0.39 is 0 Å². The number of carbonyl (C=O) groups is 1. The number of benzene rings is 1. The molecule has 98 valence electrons. The van der Waals surface area contributed by atoms with Crippen LogP contribution in [0.25, 0.3) is 0 Å². The van der Waals surface area contributed by atoms with Crippen LogP contribution >= 0.6 is 0 Å². The Morgan fingerprint density at radius 2 is 1.72 bits per heavy atom. The van der Waals surface area contributed by atoms with Crippen LogP contribution in [0, 0.1) is 12.8 Å². The van der Waals surface area contributed by atoms with E-state index in [2.05, 4.69) is 0 Å². The largest absolute Gasteiger partial charge is 0.399 e. The number of aryl methyl sites for hydroxylation is 1. The number of rotatable bonds is 2. The molecule has 0 heterocycles. The van der Waals surface area contributed by atoms with E-state index in [1.165, 1.54) is 32.1 Å². The van der Waals surface area contributed by atoms with Gasteiger partial charge in [-0.25, -0.2) is 0 Å². The third-order valence-corrected chi connectivity index (χ3v) is 3.99. The number of hydrogen-bond acceptors (Lipinski definition) is 2. The molecule has 0 radical (unpaired) electrons. The van der Waals surface area contributed by atoms with Gasteiger partial charge in [0.1, 0.15) is 0 Å². The van der Waals surface area contributed by atoms with Crippen molar-refractivity contribution in [1.29, 1.82) is 0 Å². The van der Waals surface area contributed by atoms with Crippen molar-refractivity contribution < 1.29 is 4.79 Å². The highest BCUT2D eigenvalue weighted by molar-refractivity contribution is 5.99. The van der Waals surface area contributed by atoms with Gasteiger partial charge in [0.25, 0.3) is 0 Å². The average Bonchev–Trinajstić information content (AvgIpc) is 2.27. The fourth-order valence-corrected chi connectivity index (χ4v) is 2.90. The Bertz CT molecular complexity index is 417. The van der Waals surface area contributed by atoms with Crippen molar-refractivity contribution in [1.82, 2.24) is 0 Å². The summed E-state index contributed by atoms with van der Waals surface area (Å²) >= 11 is 0. The molecule has 18 heavy (non-hydrogen) atoms. The molecule has 2 heteroatoms. The Labute approximate surface area is 110 Å². The first-order valence-electron chi connectivity index (χ1n) is 7.09. The molecular formula is C16H23NO. The lowest BCUT2D eigenvalue weighted by atomic mass is 9.84. The Morgan fingerprint density at radius 3 is 2.33 bits per heavy atom. The van der Waals surface area contributed by atoms with Crippen molar-refractivity contribution in [2.45, 2.75) is 51.9 Å². The van der Waals surface area contributed by atoms with E-state index in [1.54, 1.807) is 0 Å². The number of carbonyl (C=O) groups excluding carboxylic acids is 1. The molecule has 1 aliphatic carbocycles. The lowest BCUT2D eigenvalue weighted by molar-refractivity contribution is 0.0898. The second-order valence-electron chi connectivity index (χ2n) is 5.48. The summed E-state index contributed by atoms with van der Waals surface area (Å²) in [5.74, 6) is 0.557. The van der Waals surface area contributed by atoms with Crippen molar-refractivity contribution in [3.63, 3.8) is 0 Å². The van der Waals surface area contributed by atoms with Gasteiger partial charge in [-0.3, -0.25) is 4.79 Å². The zero-order valence-corrected chi connectivity index (χ0v) is 11.2. The zero-order chi connectivity index (χ0) is 13.0. The molecule has 1 aromatic carbocycles. The van der Waals surface area contributed by atoms with E-state index in [0.717, 1.165) is 29.7 Å². The minimum absolute atomic E-state index is 0.229. The highest BCUT2D eigenvalue weighted by atomic mass is 16.1. The molecule has 2 N–H and O–H groups in total. The fraction of sp³-hybridized carbons (Fsp3) is 0.562. The molecule has 0 amide bonds. The van der Waals surface area contributed by atoms with Crippen LogP contribution in [0.15, 0.2) is 18.2 Å². The van der Waals surface area contributed by atoms with Gasteiger partial charge in [0.2, 0.25) is 0 Å². The van der Waals surface area contributed by atoms with Gasteiger partial charge >= 0.3 is 0 Å². The van der Waals surface area contributed by atoms with Gasteiger partial charge < -0.3 is 5.73 Å². The molecule has 1 aromatic rings. The van der Waals surface area contributed by atoms with Crippen LogP contribution in [0.1, 0.15) is 60.9 Å². The number of hydrogen-bond donors (Lipinski definition) is 1. The van der Waals surface area contributed by atoms with Crippen LogP contribution < -0.4 is 5.73 Å². The topological polar surface area (TPSA) is 43.1 Å². The molecule has 2 nitrogen and oxygen atoms in total. The Morgan fingerprint density at radius 1 is 1.11 bits per heavy atom. The van der Waals surface area contributed by atoms with E-state index in [1.807, 2.05) is 25.1 Å². The van der Waals surface area contributed by atoms with E-state index in [0.29, 0.717) is 5.78 Å². The van der Waals surface area contributed by atoms with Crippen LogP contribution in [0.5, 0.6) is 0 Å². The summed E-state index contributed by atoms with van der Waals surface area (Å²) < 4.78 is 0. The van der Waals surface area contributed by atoms with Gasteiger partial charge in [-0.1, -0.05) is 32.1 Å². The maximum Gasteiger partial charge on any atom is 0.166 e. The highest BCUT2D eigenvalue weighted by Crippen LogP contribution is 2.27. The van der Waals surface area contributed by atoms with E-state index in [4.69, 9.17) is 5.73 Å². The minimum atomic E-state index is 0.229. The van der Waals surface area contributed by atoms with Gasteiger partial charge in [0.05, 0.1) is 0 Å². The number of anilines is 1. The maximum atomic E-state index is 12.6. The van der Waals surface area contributed by atoms with Gasteiger partial charge in [-0.15, -0.1) is 0 Å². The van der Waals surface area contributed by atoms with Crippen LogP contribution in [-0.2, 0) is 0 Å². The van der Waals surface area contributed by atoms with Crippen molar-refractivity contribution in [2.75, 3.05) is 5.73 Å². The Hall–Kier alpha value is -1.31. The summed E-state index contributed by atoms with van der Waals surface area (Å²) in [4.78, 5) is 12.6. The predicted molar refractivity (Wildman–Crippen MR) is 75.7 cm³/mol. The quantitative estimate of drug-likeness (QED) is 0.629. The third kappa shape index (κ3) is 3.12. The average molecular weight is 245 g/mol. The number of nitrogen functional groups attached to an aromatic ring is 1. The lowest BCUT2D eigenvalue weighted by Crippen LogP contribution is -2.17. The maximum absolute atomic E-state index is 12.6. The van der Waals surface area contributed by atoms with E-state index >= 15 is 0 Å². The third-order valence-electron chi connectivity index (χ3n) is 3.99. The zero-order valence-electron chi connectivity index (χ0n) is 11.2. The molecule has 0 unspecified atom stereocenters. The molecule has 0 saturated heterocycles. The Balaban J connectivity index is 2.13. The summed E-state index contributed by atoms with van der Waals surface area (Å²) in [6.07, 6.45) is 8.41. The first kappa shape index (κ1) is 13.1. The number of ketones is 1. The smallest absolute Gasteiger partial charge is 0.166 e. The van der Waals surface area contributed by atoms with Crippen molar-refractivity contribution in [3.8, 4) is 0 Å². The number of Topliss-reactive ketones (excluding diaryl/α,β-unsaturated/α-hetero) is 1. The SMILES string of the molecule is Cc1cc(N)ccc1C(=O)C1CCCCCCC1. The molecule has 1 aliphatic rings. The molecule has 0 spiro atoms. The van der Waals surface area contributed by atoms with E-state index in [-0.39, 0.29) is 5.92 Å². The first-order valence-corrected chi connectivity index (χ1v) is 7.09. The van der Waals surface area contributed by atoms with Crippen LogP contribution in [-0.4, -0.2) is 5.78 Å². The van der Waals surface area contributed by atoms with Gasteiger partial charge in [0, 0.05) is 17.2 Å². The molecule has 0 aromatic heterocycles. The second-order valence-corrected chi connectivity index (χ2v) is 5.48. The second kappa shape index (κ2) is 6.03. The molecule has 1 saturated carbocycles. The first-order chi connectivity index (χ1) is 8.68. The summed E-state index contributed by atoms with van der Waals surface area (Å²) in [6.45, 7) is 1.98. The molecule has 1 fully saturated rings.